The predicted molar refractivity (Wildman–Crippen MR) is 43.5 cm³/mol. The number of rotatable bonds is 6. The van der Waals surface area contributed by atoms with E-state index in [-0.39, 0.29) is 41.7 Å². The molecule has 0 bridgehead atoms. The number of hydrogen-bond donors (Lipinski definition) is 6. The topological polar surface area (TPSA) is 372 Å². The monoisotopic (exact) mass is 1130 g/mol. The van der Waals surface area contributed by atoms with Gasteiger partial charge in [0.25, 0.3) is 0 Å². The minimum Gasteiger partial charge on any atom is 3.00 e. The molecular formula is H6CeO21P3W3. The maximum absolute atomic E-state index is 9.57. The molecule has 21 nitrogen and oxygen atoms in total. The van der Waals surface area contributed by atoms with Gasteiger partial charge >= 0.3 is 200 Å². The SMILES string of the molecule is O=P(O)(O)[O][W](=[O])(=[O])[O-].O=P(O)(O)[O][W](=[O])(=[O])[O-].O=P(O)(O)[O][W](=[O])(=[O])[O-].[Ce+3]. The zero-order valence-corrected chi connectivity index (χ0v) is 26.5. The Bertz CT molecular complexity index is 776. The van der Waals surface area contributed by atoms with E-state index in [0.29, 0.717) is 0 Å². The summed E-state index contributed by atoms with van der Waals surface area (Å²) in [6, 6.07) is 0. The third-order valence-electron chi connectivity index (χ3n) is 0.565. The molecule has 0 saturated carbocycles. The molecule has 6 N–H and O–H groups in total. The van der Waals surface area contributed by atoms with E-state index in [0.717, 1.165) is 0 Å². The van der Waals surface area contributed by atoms with Crippen LogP contribution >= 0.6 is 23.5 Å². The number of hydrogen-bond acceptors (Lipinski definition) is 15. The van der Waals surface area contributed by atoms with Crippen molar-refractivity contribution in [1.29, 1.82) is 0 Å². The van der Waals surface area contributed by atoms with Crippen LogP contribution in [0.5, 0.6) is 0 Å². The maximum Gasteiger partial charge on any atom is 3.00 e. The normalized spacial score (nSPS) is 13.2. The van der Waals surface area contributed by atoms with Crippen LogP contribution in [-0.4, -0.2) is 29.4 Å². The van der Waals surface area contributed by atoms with E-state index >= 15 is 0 Å². The van der Waals surface area contributed by atoms with Gasteiger partial charge in [0.15, 0.2) is 0 Å². The average molecular weight is 1130 g/mol. The van der Waals surface area contributed by atoms with Gasteiger partial charge in [-0.15, -0.1) is 0 Å². The summed E-state index contributed by atoms with van der Waals surface area (Å²) < 4.78 is 123. The van der Waals surface area contributed by atoms with Gasteiger partial charge in [0.1, 0.15) is 0 Å². The molecule has 0 heterocycles. The summed E-state index contributed by atoms with van der Waals surface area (Å²) in [7, 11) is -15.4. The zero-order chi connectivity index (χ0) is 23.1. The summed E-state index contributed by atoms with van der Waals surface area (Å²) >= 11 is -19.3. The molecule has 0 rings (SSSR count). The van der Waals surface area contributed by atoms with Crippen molar-refractivity contribution < 1.29 is 176 Å². The van der Waals surface area contributed by atoms with E-state index in [1.807, 2.05) is 0 Å². The molecule has 0 aromatic rings. The van der Waals surface area contributed by atoms with Gasteiger partial charge in [-0.05, 0) is 0 Å². The van der Waals surface area contributed by atoms with E-state index in [9.17, 15) is 45.4 Å². The van der Waals surface area contributed by atoms with Crippen molar-refractivity contribution in [3.8, 4) is 0 Å². The third-order valence-corrected chi connectivity index (χ3v) is 13.9. The largest absolute Gasteiger partial charge is 3.00 e. The minimum absolute atomic E-state index is 0. The molecule has 0 aliphatic rings. The van der Waals surface area contributed by atoms with Crippen LogP contribution in [0.3, 0.4) is 0 Å². The van der Waals surface area contributed by atoms with Gasteiger partial charge in [-0.2, -0.15) is 0 Å². The van der Waals surface area contributed by atoms with Crippen LogP contribution in [0.1, 0.15) is 0 Å². The fourth-order valence-corrected chi connectivity index (χ4v) is 8.76. The van der Waals surface area contributed by atoms with E-state index in [1.54, 1.807) is 0 Å². The standard InChI is InChI=1S/Ce.3H3O4P.9O.3W/c;3*1-5(2,3)4;;;;;;;;;;;;/h;3*(H3,1,2,3,4);;;;;;;;;;;;/q+3;;;;;;;;;;3*-1;3*+1/p-3. The van der Waals surface area contributed by atoms with Gasteiger partial charge in [-0.1, -0.05) is 0 Å². The fourth-order valence-electron chi connectivity index (χ4n) is 0.357. The van der Waals surface area contributed by atoms with Crippen LogP contribution in [0.25, 0.3) is 0 Å². The summed E-state index contributed by atoms with van der Waals surface area (Å²) in [5.41, 5.74) is 0. The smallest absolute Gasteiger partial charge is 3.00 e. The molecule has 28 heteroatoms. The van der Waals surface area contributed by atoms with Gasteiger partial charge < -0.3 is 0 Å². The van der Waals surface area contributed by atoms with Gasteiger partial charge in [0, 0.05) is 0 Å². The van der Waals surface area contributed by atoms with Crippen LogP contribution in [0.2, 0.25) is 0 Å². The molecule has 1 radical (unpaired) electrons. The molecular weight excluding hydrogens is 1120 g/mol. The van der Waals surface area contributed by atoms with Crippen molar-refractivity contribution in [2.45, 2.75) is 0 Å². The van der Waals surface area contributed by atoms with Gasteiger partial charge in [-0.3, -0.25) is 0 Å². The third kappa shape index (κ3) is 51.3. The first-order valence-corrected chi connectivity index (χ1v) is 23.3. The molecule has 0 fully saturated rings. The first-order valence-electron chi connectivity index (χ1n) is 4.30. The Balaban J connectivity index is -0.000000152. The second-order valence-electron chi connectivity index (χ2n) is 2.92. The second kappa shape index (κ2) is 13.9. The van der Waals surface area contributed by atoms with Gasteiger partial charge in [0.2, 0.25) is 0 Å². The molecule has 0 aromatic heterocycles. The molecule has 28 heavy (non-hydrogen) atoms. The Morgan fingerprint density at radius 1 is 0.500 bits per heavy atom. The molecule has 0 spiro atoms. The van der Waals surface area contributed by atoms with E-state index in [2.05, 4.69) is 9.53 Å². The molecule has 169 valence electrons. The Labute approximate surface area is 197 Å². The van der Waals surface area contributed by atoms with Crippen molar-refractivity contribution in [1.82, 2.24) is 0 Å². The Hall–Kier alpha value is 2.45. The summed E-state index contributed by atoms with van der Waals surface area (Å²) in [6.07, 6.45) is 0. The average Bonchev–Trinajstić information content (AvgIpc) is 1.96. The molecule has 0 amide bonds. The molecule has 0 unspecified atom stereocenters. The van der Waals surface area contributed by atoms with Gasteiger partial charge in [0.05, 0.1) is 0 Å². The Kier molecular flexibility index (Phi) is 18.7. The Morgan fingerprint density at radius 2 is 0.607 bits per heavy atom. The van der Waals surface area contributed by atoms with Gasteiger partial charge in [-0.25, -0.2) is 0 Å². The van der Waals surface area contributed by atoms with Crippen molar-refractivity contribution in [2.75, 3.05) is 0 Å². The summed E-state index contributed by atoms with van der Waals surface area (Å²) in [6.45, 7) is 0. The van der Waals surface area contributed by atoms with Crippen LogP contribution in [0.4, 0.5) is 0 Å². The first-order chi connectivity index (χ1) is 11.1. The summed E-state index contributed by atoms with van der Waals surface area (Å²) in [5, 5.41) is 0. The fraction of sp³-hybridized carbons (Fsp3) is 0. The quantitative estimate of drug-likeness (QED) is 0.135. The van der Waals surface area contributed by atoms with Crippen molar-refractivity contribution in [3.63, 3.8) is 0 Å². The van der Waals surface area contributed by atoms with Crippen LogP contribution in [-0.2, 0) is 93.9 Å². The van der Waals surface area contributed by atoms with E-state index in [4.69, 9.17) is 29.4 Å². The molecule has 0 aromatic carbocycles. The zero-order valence-electron chi connectivity index (χ0n) is 11.9. The first kappa shape index (κ1) is 37.8. The predicted octanol–water partition coefficient (Wildman–Crippen LogP) is -5.61. The summed E-state index contributed by atoms with van der Waals surface area (Å²) in [4.78, 5) is 46.2. The molecule has 0 aliphatic heterocycles. The molecule has 0 atom stereocenters. The Morgan fingerprint density at radius 3 is 0.607 bits per heavy atom. The van der Waals surface area contributed by atoms with Crippen LogP contribution in [0.15, 0.2) is 0 Å². The summed E-state index contributed by atoms with van der Waals surface area (Å²) in [5.74, 6) is 0. The van der Waals surface area contributed by atoms with Crippen LogP contribution in [0, 0.1) is 41.7 Å². The van der Waals surface area contributed by atoms with E-state index in [1.165, 1.54) is 0 Å². The maximum atomic E-state index is 9.57. The number of phosphoric acid groups is 3. The van der Waals surface area contributed by atoms with E-state index < -0.39 is 73.7 Å². The molecule has 0 aliphatic carbocycles. The van der Waals surface area contributed by atoms with Crippen molar-refractivity contribution >= 4 is 23.5 Å². The minimum atomic E-state index is -6.44. The van der Waals surface area contributed by atoms with Crippen molar-refractivity contribution in [3.05, 3.63) is 0 Å². The molecule has 0 saturated heterocycles. The van der Waals surface area contributed by atoms with Crippen LogP contribution < -0.4 is 11.3 Å². The van der Waals surface area contributed by atoms with Crippen molar-refractivity contribution in [2.24, 2.45) is 0 Å². The second-order valence-corrected chi connectivity index (χ2v) is 19.9.